The first-order valence-corrected chi connectivity index (χ1v) is 6.61. The summed E-state index contributed by atoms with van der Waals surface area (Å²) in [7, 11) is 0. The van der Waals surface area contributed by atoms with Crippen LogP contribution in [-0.2, 0) is 14.3 Å². The highest BCUT2D eigenvalue weighted by atomic mass is 16.5. The third-order valence-corrected chi connectivity index (χ3v) is 3.33. The Balaban J connectivity index is 1.63. The Morgan fingerprint density at radius 2 is 2.11 bits per heavy atom. The van der Waals surface area contributed by atoms with E-state index in [9.17, 15) is 9.59 Å². The van der Waals surface area contributed by atoms with Gasteiger partial charge in [0.05, 0.1) is 19.8 Å². The van der Waals surface area contributed by atoms with Crippen LogP contribution >= 0.6 is 0 Å². The molecule has 2 aliphatic heterocycles. The maximum absolute atomic E-state index is 11.7. The van der Waals surface area contributed by atoms with Gasteiger partial charge in [0.2, 0.25) is 11.8 Å². The summed E-state index contributed by atoms with van der Waals surface area (Å²) in [5.74, 6) is -0.0701. The molecule has 18 heavy (non-hydrogen) atoms. The number of hydrogen-bond donors (Lipinski definition) is 2. The van der Waals surface area contributed by atoms with E-state index in [4.69, 9.17) is 4.74 Å². The highest BCUT2D eigenvalue weighted by Crippen LogP contribution is 2.06. The molecule has 2 aliphatic rings. The number of ether oxygens (including phenoxy) is 1. The van der Waals surface area contributed by atoms with Gasteiger partial charge < -0.3 is 20.3 Å². The van der Waals surface area contributed by atoms with E-state index in [1.165, 1.54) is 0 Å². The second-order valence-electron chi connectivity index (χ2n) is 4.79. The molecule has 6 heteroatoms. The lowest BCUT2D eigenvalue weighted by molar-refractivity contribution is -0.132. The Morgan fingerprint density at radius 1 is 1.33 bits per heavy atom. The first-order valence-electron chi connectivity index (χ1n) is 6.61. The van der Waals surface area contributed by atoms with Gasteiger partial charge in [-0.2, -0.15) is 0 Å². The molecule has 1 atom stereocenters. The quantitative estimate of drug-likeness (QED) is 0.683. The summed E-state index contributed by atoms with van der Waals surface area (Å²) in [6, 6.07) is 0.0700. The fourth-order valence-corrected chi connectivity index (χ4v) is 2.30. The Morgan fingerprint density at radius 3 is 2.78 bits per heavy atom. The number of rotatable bonds is 4. The van der Waals surface area contributed by atoms with E-state index >= 15 is 0 Å². The van der Waals surface area contributed by atoms with Gasteiger partial charge in [-0.25, -0.2) is 0 Å². The van der Waals surface area contributed by atoms with E-state index in [1.807, 2.05) is 4.90 Å². The molecule has 0 aliphatic carbocycles. The van der Waals surface area contributed by atoms with Gasteiger partial charge in [-0.3, -0.25) is 9.59 Å². The van der Waals surface area contributed by atoms with E-state index in [1.54, 1.807) is 0 Å². The molecule has 2 amide bonds. The molecule has 102 valence electrons. The highest BCUT2D eigenvalue weighted by molar-refractivity contribution is 5.85. The SMILES string of the molecule is O=C(CC1COCCN1)NCC(=O)N1CCCC1. The monoisotopic (exact) mass is 255 g/mol. The Hall–Kier alpha value is -1.14. The second kappa shape index (κ2) is 6.70. The van der Waals surface area contributed by atoms with E-state index in [0.29, 0.717) is 19.6 Å². The lowest BCUT2D eigenvalue weighted by atomic mass is 10.2. The van der Waals surface area contributed by atoms with Crippen LogP contribution in [0.25, 0.3) is 0 Å². The molecule has 0 aromatic rings. The Kier molecular flexibility index (Phi) is 4.95. The number of nitrogens with zero attached hydrogens (tertiary/aromatic N) is 1. The molecule has 1 unspecified atom stereocenters. The van der Waals surface area contributed by atoms with Gasteiger partial charge in [0, 0.05) is 32.1 Å². The van der Waals surface area contributed by atoms with Crippen molar-refractivity contribution in [2.45, 2.75) is 25.3 Å². The van der Waals surface area contributed by atoms with Crippen LogP contribution in [0.2, 0.25) is 0 Å². The zero-order chi connectivity index (χ0) is 12.8. The largest absolute Gasteiger partial charge is 0.378 e. The predicted molar refractivity (Wildman–Crippen MR) is 66.1 cm³/mol. The molecule has 0 saturated carbocycles. The van der Waals surface area contributed by atoms with Gasteiger partial charge in [-0.05, 0) is 12.8 Å². The highest BCUT2D eigenvalue weighted by Gasteiger charge is 2.20. The summed E-state index contributed by atoms with van der Waals surface area (Å²) < 4.78 is 5.27. The average Bonchev–Trinajstić information content (AvgIpc) is 2.91. The molecule has 2 N–H and O–H groups in total. The van der Waals surface area contributed by atoms with Crippen LogP contribution in [0, 0.1) is 0 Å². The van der Waals surface area contributed by atoms with Crippen molar-refractivity contribution in [3.05, 3.63) is 0 Å². The van der Waals surface area contributed by atoms with Gasteiger partial charge in [0.15, 0.2) is 0 Å². The van der Waals surface area contributed by atoms with Crippen molar-refractivity contribution in [1.82, 2.24) is 15.5 Å². The number of hydrogen-bond acceptors (Lipinski definition) is 4. The normalized spacial score (nSPS) is 24.0. The van der Waals surface area contributed by atoms with E-state index in [-0.39, 0.29) is 24.4 Å². The van der Waals surface area contributed by atoms with Crippen molar-refractivity contribution in [2.75, 3.05) is 39.4 Å². The van der Waals surface area contributed by atoms with Crippen LogP contribution in [-0.4, -0.2) is 62.1 Å². The van der Waals surface area contributed by atoms with Gasteiger partial charge in [0.1, 0.15) is 0 Å². The number of carbonyl (C=O) groups excluding carboxylic acids is 2. The number of nitrogens with one attached hydrogen (secondary N) is 2. The molecule has 2 heterocycles. The predicted octanol–water partition coefficient (Wildman–Crippen LogP) is -0.896. The first kappa shape index (κ1) is 13.3. The smallest absolute Gasteiger partial charge is 0.241 e. The molecule has 0 spiro atoms. The van der Waals surface area contributed by atoms with Crippen LogP contribution in [0.5, 0.6) is 0 Å². The van der Waals surface area contributed by atoms with E-state index in [0.717, 1.165) is 32.5 Å². The zero-order valence-corrected chi connectivity index (χ0v) is 10.6. The third kappa shape index (κ3) is 3.96. The maximum atomic E-state index is 11.7. The van der Waals surface area contributed by atoms with Crippen molar-refractivity contribution >= 4 is 11.8 Å². The first-order chi connectivity index (χ1) is 8.75. The van der Waals surface area contributed by atoms with Crippen LogP contribution in [0.1, 0.15) is 19.3 Å². The fourth-order valence-electron chi connectivity index (χ4n) is 2.30. The number of amides is 2. The Bertz CT molecular complexity index is 297. The van der Waals surface area contributed by atoms with Crippen LogP contribution in [0.3, 0.4) is 0 Å². The van der Waals surface area contributed by atoms with Gasteiger partial charge in [-0.15, -0.1) is 0 Å². The molecule has 0 aromatic heterocycles. The van der Waals surface area contributed by atoms with Gasteiger partial charge >= 0.3 is 0 Å². The summed E-state index contributed by atoms with van der Waals surface area (Å²) in [6.45, 7) is 3.82. The van der Waals surface area contributed by atoms with E-state index in [2.05, 4.69) is 10.6 Å². The maximum Gasteiger partial charge on any atom is 0.241 e. The van der Waals surface area contributed by atoms with Crippen LogP contribution in [0.4, 0.5) is 0 Å². The molecule has 2 fully saturated rings. The molecular weight excluding hydrogens is 234 g/mol. The van der Waals surface area contributed by atoms with Gasteiger partial charge in [-0.1, -0.05) is 0 Å². The molecular formula is C12H21N3O3. The number of likely N-dealkylation sites (tertiary alicyclic amines) is 1. The lowest BCUT2D eigenvalue weighted by Gasteiger charge is -2.23. The van der Waals surface area contributed by atoms with Crippen molar-refractivity contribution in [2.24, 2.45) is 0 Å². The minimum absolute atomic E-state index is 0.0219. The van der Waals surface area contributed by atoms with Crippen molar-refractivity contribution < 1.29 is 14.3 Å². The molecule has 6 nitrogen and oxygen atoms in total. The van der Waals surface area contributed by atoms with Crippen LogP contribution < -0.4 is 10.6 Å². The second-order valence-corrected chi connectivity index (χ2v) is 4.79. The summed E-state index contributed by atoms with van der Waals surface area (Å²) in [4.78, 5) is 25.2. The molecule has 0 radical (unpaired) electrons. The lowest BCUT2D eigenvalue weighted by Crippen LogP contribution is -2.45. The van der Waals surface area contributed by atoms with Crippen molar-refractivity contribution in [1.29, 1.82) is 0 Å². The number of carbonyl (C=O) groups is 2. The summed E-state index contributed by atoms with van der Waals surface area (Å²) in [5.41, 5.74) is 0. The number of morpholine rings is 1. The third-order valence-electron chi connectivity index (χ3n) is 3.33. The minimum Gasteiger partial charge on any atom is -0.378 e. The molecule has 2 rings (SSSR count). The standard InChI is InChI=1S/C12H21N3O3/c16-11(7-10-9-18-6-3-13-10)14-8-12(17)15-4-1-2-5-15/h10,13H,1-9H2,(H,14,16). The average molecular weight is 255 g/mol. The Labute approximate surface area is 107 Å². The van der Waals surface area contributed by atoms with Crippen LogP contribution in [0.15, 0.2) is 0 Å². The topological polar surface area (TPSA) is 70.7 Å². The molecule has 2 saturated heterocycles. The van der Waals surface area contributed by atoms with Crippen molar-refractivity contribution in [3.63, 3.8) is 0 Å². The van der Waals surface area contributed by atoms with Gasteiger partial charge in [0.25, 0.3) is 0 Å². The zero-order valence-electron chi connectivity index (χ0n) is 10.6. The molecule has 0 bridgehead atoms. The van der Waals surface area contributed by atoms with Crippen molar-refractivity contribution in [3.8, 4) is 0 Å². The van der Waals surface area contributed by atoms with E-state index < -0.39 is 0 Å². The summed E-state index contributed by atoms with van der Waals surface area (Å²) in [6.07, 6.45) is 2.51. The summed E-state index contributed by atoms with van der Waals surface area (Å²) in [5, 5.41) is 5.89. The fraction of sp³-hybridized carbons (Fsp3) is 0.833. The summed E-state index contributed by atoms with van der Waals surface area (Å²) >= 11 is 0. The minimum atomic E-state index is -0.0921. The molecule has 0 aromatic carbocycles.